The molecule has 11 heavy (non-hydrogen) atoms. The molecule has 0 radical (unpaired) electrons. The van der Waals surface area contributed by atoms with Crippen LogP contribution in [0.3, 0.4) is 0 Å². The molecule has 0 aromatic carbocycles. The Morgan fingerprint density at radius 1 is 1.09 bits per heavy atom. The number of ether oxygens (including phenoxy) is 2. The molecule has 0 spiro atoms. The Balaban J connectivity index is 2.34. The Kier molecular flexibility index (Phi) is 3.34. The van der Waals surface area contributed by atoms with Crippen LogP contribution in [0, 0.1) is 5.92 Å². The van der Waals surface area contributed by atoms with E-state index in [0.717, 1.165) is 19.3 Å². The van der Waals surface area contributed by atoms with Gasteiger partial charge in [0.1, 0.15) is 0 Å². The average molecular weight is 158 g/mol. The molecule has 0 bridgehead atoms. The first-order valence-electron chi connectivity index (χ1n) is 4.33. The lowest BCUT2D eigenvalue weighted by Crippen LogP contribution is -2.32. The predicted molar refractivity (Wildman–Crippen MR) is 44.6 cm³/mol. The van der Waals surface area contributed by atoms with Crippen molar-refractivity contribution in [3.63, 3.8) is 0 Å². The standard InChI is InChI=1S/C9H18O2/c1-7-6-8(10-2)4-5-9(7)11-3/h7-9H,4-6H2,1-3H3. The molecule has 0 saturated heterocycles. The van der Waals surface area contributed by atoms with Crippen LogP contribution in [0.15, 0.2) is 0 Å². The summed E-state index contributed by atoms with van der Waals surface area (Å²) in [6, 6.07) is 0. The molecule has 0 aromatic rings. The van der Waals surface area contributed by atoms with Gasteiger partial charge in [-0.05, 0) is 25.2 Å². The normalized spacial score (nSPS) is 39.0. The summed E-state index contributed by atoms with van der Waals surface area (Å²) in [4.78, 5) is 0. The molecule has 0 heterocycles. The van der Waals surface area contributed by atoms with Crippen LogP contribution in [0.25, 0.3) is 0 Å². The van der Waals surface area contributed by atoms with Crippen LogP contribution < -0.4 is 0 Å². The maximum Gasteiger partial charge on any atom is 0.0598 e. The summed E-state index contributed by atoms with van der Waals surface area (Å²) >= 11 is 0. The number of hydrogen-bond acceptors (Lipinski definition) is 2. The van der Waals surface area contributed by atoms with Crippen LogP contribution in [0.2, 0.25) is 0 Å². The van der Waals surface area contributed by atoms with Gasteiger partial charge in [-0.1, -0.05) is 6.92 Å². The third-order valence-corrected chi connectivity index (χ3v) is 2.68. The van der Waals surface area contributed by atoms with Gasteiger partial charge in [0, 0.05) is 14.2 Å². The first-order chi connectivity index (χ1) is 5.27. The quantitative estimate of drug-likeness (QED) is 0.610. The van der Waals surface area contributed by atoms with Crippen LogP contribution in [0.4, 0.5) is 0 Å². The SMILES string of the molecule is COC1CCC(OC)C(C)C1. The Hall–Kier alpha value is -0.0800. The topological polar surface area (TPSA) is 18.5 Å². The van der Waals surface area contributed by atoms with Crippen LogP contribution in [0.1, 0.15) is 26.2 Å². The minimum absolute atomic E-state index is 0.460. The molecule has 3 unspecified atom stereocenters. The lowest BCUT2D eigenvalue weighted by atomic mass is 9.86. The first-order valence-corrected chi connectivity index (χ1v) is 4.33. The number of methoxy groups -OCH3 is 2. The highest BCUT2D eigenvalue weighted by Gasteiger charge is 2.26. The van der Waals surface area contributed by atoms with Gasteiger partial charge in [-0.2, -0.15) is 0 Å². The molecule has 0 aliphatic heterocycles. The molecule has 1 fully saturated rings. The highest BCUT2D eigenvalue weighted by Crippen LogP contribution is 2.27. The van der Waals surface area contributed by atoms with E-state index in [9.17, 15) is 0 Å². The van der Waals surface area contributed by atoms with Crippen molar-refractivity contribution in [2.45, 2.75) is 38.4 Å². The summed E-state index contributed by atoms with van der Waals surface area (Å²) in [5.41, 5.74) is 0. The lowest BCUT2D eigenvalue weighted by Gasteiger charge is -2.32. The average Bonchev–Trinajstić information content (AvgIpc) is 2.04. The van der Waals surface area contributed by atoms with E-state index in [1.807, 2.05) is 0 Å². The summed E-state index contributed by atoms with van der Waals surface area (Å²) in [6.45, 7) is 2.24. The van der Waals surface area contributed by atoms with E-state index in [2.05, 4.69) is 6.92 Å². The molecule has 0 N–H and O–H groups in total. The van der Waals surface area contributed by atoms with Gasteiger partial charge in [0.05, 0.1) is 12.2 Å². The Labute approximate surface area is 68.9 Å². The first kappa shape index (κ1) is 9.01. The molecule has 66 valence electrons. The van der Waals surface area contributed by atoms with E-state index >= 15 is 0 Å². The second-order valence-corrected chi connectivity index (χ2v) is 3.42. The zero-order chi connectivity index (χ0) is 8.27. The number of hydrogen-bond donors (Lipinski definition) is 0. The van der Waals surface area contributed by atoms with E-state index < -0.39 is 0 Å². The van der Waals surface area contributed by atoms with Gasteiger partial charge in [0.15, 0.2) is 0 Å². The Morgan fingerprint density at radius 3 is 2.27 bits per heavy atom. The zero-order valence-electron chi connectivity index (χ0n) is 7.67. The maximum atomic E-state index is 5.34. The van der Waals surface area contributed by atoms with E-state index in [1.54, 1.807) is 14.2 Å². The molecule has 0 aromatic heterocycles. The zero-order valence-corrected chi connectivity index (χ0v) is 7.67. The van der Waals surface area contributed by atoms with Crippen molar-refractivity contribution in [2.75, 3.05) is 14.2 Å². The fourth-order valence-corrected chi connectivity index (χ4v) is 1.88. The van der Waals surface area contributed by atoms with E-state index in [4.69, 9.17) is 9.47 Å². The largest absolute Gasteiger partial charge is 0.381 e. The summed E-state index contributed by atoms with van der Waals surface area (Å²) in [7, 11) is 3.60. The van der Waals surface area contributed by atoms with Crippen molar-refractivity contribution in [1.29, 1.82) is 0 Å². The van der Waals surface area contributed by atoms with Crippen LogP contribution in [-0.4, -0.2) is 26.4 Å². The van der Waals surface area contributed by atoms with Crippen molar-refractivity contribution in [2.24, 2.45) is 5.92 Å². The summed E-state index contributed by atoms with van der Waals surface area (Å²) in [5, 5.41) is 0. The van der Waals surface area contributed by atoms with E-state index in [0.29, 0.717) is 18.1 Å². The molecule has 3 atom stereocenters. The highest BCUT2D eigenvalue weighted by atomic mass is 16.5. The molecular weight excluding hydrogens is 140 g/mol. The minimum atomic E-state index is 0.460. The molecular formula is C9H18O2. The number of rotatable bonds is 2. The molecule has 2 heteroatoms. The summed E-state index contributed by atoms with van der Waals surface area (Å²) in [6.07, 6.45) is 4.38. The summed E-state index contributed by atoms with van der Waals surface area (Å²) < 4.78 is 10.6. The highest BCUT2D eigenvalue weighted by molar-refractivity contribution is 4.78. The fraction of sp³-hybridized carbons (Fsp3) is 1.00. The molecule has 2 nitrogen and oxygen atoms in total. The fourth-order valence-electron chi connectivity index (χ4n) is 1.88. The third-order valence-electron chi connectivity index (χ3n) is 2.68. The molecule has 1 saturated carbocycles. The van der Waals surface area contributed by atoms with Gasteiger partial charge in [0.25, 0.3) is 0 Å². The van der Waals surface area contributed by atoms with Crippen molar-refractivity contribution in [3.8, 4) is 0 Å². The van der Waals surface area contributed by atoms with Crippen LogP contribution in [0.5, 0.6) is 0 Å². The van der Waals surface area contributed by atoms with E-state index in [-0.39, 0.29) is 0 Å². The van der Waals surface area contributed by atoms with Gasteiger partial charge in [0.2, 0.25) is 0 Å². The third kappa shape index (κ3) is 2.17. The molecule has 0 amide bonds. The monoisotopic (exact) mass is 158 g/mol. The van der Waals surface area contributed by atoms with Crippen LogP contribution >= 0.6 is 0 Å². The van der Waals surface area contributed by atoms with Gasteiger partial charge in [-0.25, -0.2) is 0 Å². The maximum absolute atomic E-state index is 5.34. The van der Waals surface area contributed by atoms with Gasteiger partial charge < -0.3 is 9.47 Å². The summed E-state index contributed by atoms with van der Waals surface area (Å²) in [5.74, 6) is 0.652. The Morgan fingerprint density at radius 2 is 1.82 bits per heavy atom. The predicted octanol–water partition coefficient (Wildman–Crippen LogP) is 1.84. The second-order valence-electron chi connectivity index (χ2n) is 3.42. The van der Waals surface area contributed by atoms with Gasteiger partial charge >= 0.3 is 0 Å². The van der Waals surface area contributed by atoms with Crippen molar-refractivity contribution >= 4 is 0 Å². The smallest absolute Gasteiger partial charge is 0.0598 e. The second kappa shape index (κ2) is 4.07. The van der Waals surface area contributed by atoms with Crippen LogP contribution in [-0.2, 0) is 9.47 Å². The Bertz CT molecular complexity index is 114. The lowest BCUT2D eigenvalue weighted by molar-refractivity contribution is -0.0282. The molecule has 1 aliphatic carbocycles. The van der Waals surface area contributed by atoms with Crippen molar-refractivity contribution in [1.82, 2.24) is 0 Å². The minimum Gasteiger partial charge on any atom is -0.381 e. The molecule has 1 rings (SSSR count). The van der Waals surface area contributed by atoms with Crippen molar-refractivity contribution in [3.05, 3.63) is 0 Å². The van der Waals surface area contributed by atoms with Crippen molar-refractivity contribution < 1.29 is 9.47 Å². The van der Waals surface area contributed by atoms with Gasteiger partial charge in [-0.3, -0.25) is 0 Å². The van der Waals surface area contributed by atoms with Gasteiger partial charge in [-0.15, -0.1) is 0 Å². The van der Waals surface area contributed by atoms with E-state index in [1.165, 1.54) is 0 Å². The molecule has 1 aliphatic rings.